The fraction of sp³-hybridized carbons (Fsp3) is 0.654. The Hall–Kier alpha value is -1.36. The van der Waals surface area contributed by atoms with Gasteiger partial charge in [-0.1, -0.05) is 29.8 Å². The van der Waals surface area contributed by atoms with Gasteiger partial charge in [0.2, 0.25) is 0 Å². The first-order valence-electron chi connectivity index (χ1n) is 12.0. The number of halogens is 1. The molecule has 5 heteroatoms. The van der Waals surface area contributed by atoms with E-state index in [1.54, 1.807) is 0 Å². The van der Waals surface area contributed by atoms with Crippen molar-refractivity contribution in [1.29, 1.82) is 0 Å². The zero-order valence-electron chi connectivity index (χ0n) is 19.1. The third kappa shape index (κ3) is 5.71. The average Bonchev–Trinajstić information content (AvgIpc) is 2.92. The molecule has 0 aliphatic heterocycles. The van der Waals surface area contributed by atoms with Gasteiger partial charge in [-0.15, -0.1) is 0 Å². The van der Waals surface area contributed by atoms with E-state index in [0.29, 0.717) is 10.6 Å². The number of rotatable bonds is 9. The van der Waals surface area contributed by atoms with E-state index < -0.39 is 0 Å². The third-order valence-corrected chi connectivity index (χ3v) is 7.83. The van der Waals surface area contributed by atoms with Gasteiger partial charge >= 0.3 is 0 Å². The summed E-state index contributed by atoms with van der Waals surface area (Å²) in [4.78, 5) is 13.0. The number of nitrogens with two attached hydrogens (primary N) is 1. The maximum atomic E-state index is 13.0. The van der Waals surface area contributed by atoms with Gasteiger partial charge in [0, 0.05) is 18.6 Å². The summed E-state index contributed by atoms with van der Waals surface area (Å²) in [7, 11) is 0. The molecule has 4 nitrogen and oxygen atoms in total. The molecule has 0 saturated heterocycles. The Labute approximate surface area is 192 Å². The molecule has 4 N–H and O–H groups in total. The number of hydrogen-bond donors (Lipinski definition) is 3. The summed E-state index contributed by atoms with van der Waals surface area (Å²) in [5.41, 5.74) is 7.80. The lowest BCUT2D eigenvalue weighted by Gasteiger charge is -2.40. The highest BCUT2D eigenvalue weighted by molar-refractivity contribution is 6.33. The van der Waals surface area contributed by atoms with E-state index in [-0.39, 0.29) is 16.9 Å². The van der Waals surface area contributed by atoms with Crippen LogP contribution in [0.25, 0.3) is 0 Å². The highest BCUT2D eigenvalue weighted by atomic mass is 35.5. The maximum Gasteiger partial charge on any atom is 0.252 e. The van der Waals surface area contributed by atoms with Crippen LogP contribution in [0.2, 0.25) is 5.02 Å². The maximum absolute atomic E-state index is 13.0. The van der Waals surface area contributed by atoms with Crippen LogP contribution in [0.1, 0.15) is 68.3 Å². The number of amides is 1. The predicted molar refractivity (Wildman–Crippen MR) is 128 cm³/mol. The van der Waals surface area contributed by atoms with Crippen LogP contribution >= 0.6 is 11.6 Å². The lowest BCUT2D eigenvalue weighted by Crippen LogP contribution is -2.43. The van der Waals surface area contributed by atoms with Crippen molar-refractivity contribution in [1.82, 2.24) is 10.6 Å². The second-order valence-electron chi connectivity index (χ2n) is 11.1. The van der Waals surface area contributed by atoms with Crippen LogP contribution in [0.5, 0.6) is 0 Å². The predicted octanol–water partition coefficient (Wildman–Crippen LogP) is 4.71. The largest absolute Gasteiger partial charge is 0.351 e. The van der Waals surface area contributed by atoms with Gasteiger partial charge in [-0.05, 0) is 106 Å². The molecule has 3 aliphatic carbocycles. The molecule has 170 valence electrons. The molecule has 3 bridgehead atoms. The number of hydrogen-bond acceptors (Lipinski definition) is 3. The van der Waals surface area contributed by atoms with Gasteiger partial charge in [-0.25, -0.2) is 0 Å². The van der Waals surface area contributed by atoms with Crippen molar-refractivity contribution in [3.63, 3.8) is 0 Å². The molecule has 0 aromatic heterocycles. The van der Waals surface area contributed by atoms with E-state index in [9.17, 15) is 4.79 Å². The molecular weight excluding hydrogens is 406 g/mol. The van der Waals surface area contributed by atoms with Crippen LogP contribution in [0.3, 0.4) is 0 Å². The van der Waals surface area contributed by atoms with Crippen LogP contribution in [-0.2, 0) is 6.42 Å². The molecule has 1 amide bonds. The fourth-order valence-electron chi connectivity index (χ4n) is 6.13. The molecule has 1 aromatic rings. The van der Waals surface area contributed by atoms with Gasteiger partial charge in [0.15, 0.2) is 0 Å². The van der Waals surface area contributed by atoms with Crippen molar-refractivity contribution >= 4 is 17.5 Å². The van der Waals surface area contributed by atoms with Crippen LogP contribution in [-0.4, -0.2) is 31.1 Å². The highest BCUT2D eigenvalue weighted by Gasteiger charge is 2.48. The van der Waals surface area contributed by atoms with E-state index in [4.69, 9.17) is 17.3 Å². The van der Waals surface area contributed by atoms with Crippen LogP contribution in [0.4, 0.5) is 0 Å². The van der Waals surface area contributed by atoms with Gasteiger partial charge in [-0.3, -0.25) is 4.79 Å². The number of aryl methyl sites for hydroxylation is 1. The number of carbonyl (C=O) groups excluding carboxylic acids is 1. The minimum atomic E-state index is -0.197. The minimum Gasteiger partial charge on any atom is -0.351 e. The molecule has 4 unspecified atom stereocenters. The van der Waals surface area contributed by atoms with E-state index >= 15 is 0 Å². The monoisotopic (exact) mass is 443 g/mol. The normalized spacial score (nSPS) is 29.2. The molecule has 0 radical (unpaired) electrons. The van der Waals surface area contributed by atoms with Crippen molar-refractivity contribution in [2.45, 2.75) is 64.3 Å². The molecule has 1 aromatic carbocycles. The van der Waals surface area contributed by atoms with Gasteiger partial charge in [0.25, 0.3) is 5.91 Å². The molecule has 31 heavy (non-hydrogen) atoms. The van der Waals surface area contributed by atoms with Crippen molar-refractivity contribution < 1.29 is 4.79 Å². The van der Waals surface area contributed by atoms with Gasteiger partial charge in [-0.2, -0.15) is 0 Å². The van der Waals surface area contributed by atoms with Crippen molar-refractivity contribution in [3.8, 4) is 0 Å². The Morgan fingerprint density at radius 3 is 2.94 bits per heavy atom. The zero-order valence-corrected chi connectivity index (χ0v) is 19.8. The summed E-state index contributed by atoms with van der Waals surface area (Å²) >= 11 is 6.41. The second kappa shape index (κ2) is 9.25. The summed E-state index contributed by atoms with van der Waals surface area (Å²) in [5, 5.41) is 7.19. The smallest absolute Gasteiger partial charge is 0.252 e. The number of nitrogens with one attached hydrogen (secondary N) is 2. The summed E-state index contributed by atoms with van der Waals surface area (Å²) in [6.45, 7) is 6.50. The van der Waals surface area contributed by atoms with Crippen LogP contribution in [0.15, 0.2) is 30.4 Å². The van der Waals surface area contributed by atoms with E-state index in [0.717, 1.165) is 62.2 Å². The van der Waals surface area contributed by atoms with E-state index in [1.165, 1.54) is 25.7 Å². The van der Waals surface area contributed by atoms with E-state index in [2.05, 4.69) is 22.8 Å². The Bertz CT molecular complexity index is 830. The fourth-order valence-corrected chi connectivity index (χ4v) is 6.34. The van der Waals surface area contributed by atoms with Crippen LogP contribution < -0.4 is 16.4 Å². The van der Waals surface area contributed by atoms with Crippen molar-refractivity contribution in [3.05, 3.63) is 46.5 Å². The highest BCUT2D eigenvalue weighted by Crippen LogP contribution is 2.56. The Morgan fingerprint density at radius 1 is 1.29 bits per heavy atom. The lowest BCUT2D eigenvalue weighted by molar-refractivity contribution is 0.0870. The Balaban J connectivity index is 1.32. The Kier molecular flexibility index (Phi) is 6.81. The molecule has 3 aliphatic rings. The molecule has 4 atom stereocenters. The molecule has 0 heterocycles. The number of carbonyl (C=O) groups is 1. The molecule has 0 spiro atoms. The Morgan fingerprint density at radius 2 is 2.13 bits per heavy atom. The first kappa shape index (κ1) is 22.8. The topological polar surface area (TPSA) is 67.1 Å². The molecule has 2 saturated carbocycles. The first-order chi connectivity index (χ1) is 14.7. The second-order valence-corrected chi connectivity index (χ2v) is 11.5. The number of fused-ring (bicyclic) bond motifs is 2. The molecular formula is C26H38ClN3O. The number of allylic oxidation sites excluding steroid dienone is 2. The van der Waals surface area contributed by atoms with Crippen LogP contribution in [0, 0.1) is 23.2 Å². The van der Waals surface area contributed by atoms with Gasteiger partial charge in [0.05, 0.1) is 10.6 Å². The summed E-state index contributed by atoms with van der Waals surface area (Å²) < 4.78 is 0. The average molecular weight is 444 g/mol. The standard InChI is InChI=1S/C26H38ClN3O/c1-25(2,28)16-29-10-4-5-18-7-8-23(27)22(13-18)24(31)30-17-26-9-3-6-20-11-19(14-26)12-21(20)15-26/h3,6-8,13,19-21,29H,4-5,9-12,14-17,28H2,1-2H3,(H,30,31). The van der Waals surface area contributed by atoms with Gasteiger partial charge in [0.1, 0.15) is 0 Å². The quantitative estimate of drug-likeness (QED) is 0.382. The van der Waals surface area contributed by atoms with Crippen molar-refractivity contribution in [2.24, 2.45) is 28.9 Å². The SMILES string of the molecule is CC(C)(N)CNCCCc1ccc(Cl)c(C(=O)NCC23CC=CC4CC(CC4C2)C3)c1. The molecule has 2 fully saturated rings. The third-order valence-electron chi connectivity index (χ3n) is 7.50. The van der Waals surface area contributed by atoms with Crippen molar-refractivity contribution in [2.75, 3.05) is 19.6 Å². The molecule has 4 rings (SSSR count). The summed E-state index contributed by atoms with van der Waals surface area (Å²) in [6, 6.07) is 5.86. The first-order valence-corrected chi connectivity index (χ1v) is 12.3. The summed E-state index contributed by atoms with van der Waals surface area (Å²) in [5.74, 6) is 2.41. The van der Waals surface area contributed by atoms with Gasteiger partial charge < -0.3 is 16.4 Å². The van der Waals surface area contributed by atoms with E-state index in [1.807, 2.05) is 32.0 Å². The zero-order chi connectivity index (χ0) is 22.1. The number of benzene rings is 1. The lowest BCUT2D eigenvalue weighted by atomic mass is 9.67. The minimum absolute atomic E-state index is 0.0353. The summed E-state index contributed by atoms with van der Waals surface area (Å²) in [6.07, 6.45) is 13.1.